The molecule has 0 bridgehead atoms. The van der Waals surface area contributed by atoms with Crippen molar-refractivity contribution in [3.63, 3.8) is 0 Å². The van der Waals surface area contributed by atoms with Crippen LogP contribution in [0.2, 0.25) is 0 Å². The molecular weight excluding hydrogens is 366 g/mol. The number of nitrogens with zero attached hydrogens (tertiary/aromatic N) is 3. The standard InChI is InChI=1S/C19H19N3O4S/c1-12-5-6-16(13(2)10-12)27(25,26)21-9-7-14(11-21)22-18(23)15-4-3-8-20-17(15)19(22)24/h3-6,8,10,14H,7,9,11H2,1-2H3. The van der Waals surface area contributed by atoms with Gasteiger partial charge in [0.1, 0.15) is 5.69 Å². The van der Waals surface area contributed by atoms with Gasteiger partial charge in [-0.3, -0.25) is 19.5 Å². The van der Waals surface area contributed by atoms with Crippen LogP contribution in [0, 0.1) is 13.8 Å². The molecule has 1 atom stereocenters. The molecule has 27 heavy (non-hydrogen) atoms. The molecule has 7 nitrogen and oxygen atoms in total. The predicted octanol–water partition coefficient (Wildman–Crippen LogP) is 1.76. The lowest BCUT2D eigenvalue weighted by Gasteiger charge is -2.22. The zero-order chi connectivity index (χ0) is 19.3. The van der Waals surface area contributed by atoms with Crippen LogP contribution in [0.3, 0.4) is 0 Å². The van der Waals surface area contributed by atoms with Gasteiger partial charge in [0.2, 0.25) is 10.0 Å². The average Bonchev–Trinajstić information content (AvgIpc) is 3.20. The Labute approximate surface area is 157 Å². The molecule has 0 aliphatic carbocycles. The highest BCUT2D eigenvalue weighted by Crippen LogP contribution is 2.30. The van der Waals surface area contributed by atoms with E-state index in [4.69, 9.17) is 0 Å². The van der Waals surface area contributed by atoms with Gasteiger partial charge in [0, 0.05) is 19.3 Å². The van der Waals surface area contributed by atoms with Crippen molar-refractivity contribution in [1.29, 1.82) is 0 Å². The van der Waals surface area contributed by atoms with E-state index in [-0.39, 0.29) is 29.2 Å². The number of benzene rings is 1. The number of fused-ring (bicyclic) bond motifs is 1. The number of sulfonamides is 1. The van der Waals surface area contributed by atoms with Crippen LogP contribution >= 0.6 is 0 Å². The summed E-state index contributed by atoms with van der Waals surface area (Å²) in [7, 11) is -3.68. The first-order chi connectivity index (χ1) is 12.8. The highest BCUT2D eigenvalue weighted by molar-refractivity contribution is 7.89. The van der Waals surface area contributed by atoms with Crippen LogP contribution in [0.5, 0.6) is 0 Å². The molecular formula is C19H19N3O4S. The Hall–Kier alpha value is -2.58. The molecule has 1 aromatic carbocycles. The van der Waals surface area contributed by atoms with Crippen LogP contribution in [-0.4, -0.2) is 53.6 Å². The normalized spacial score (nSPS) is 20.4. The van der Waals surface area contributed by atoms with E-state index in [9.17, 15) is 18.0 Å². The summed E-state index contributed by atoms with van der Waals surface area (Å²) in [5, 5.41) is 0. The highest BCUT2D eigenvalue weighted by atomic mass is 32.2. The number of aromatic nitrogens is 1. The Kier molecular flexibility index (Phi) is 4.12. The maximum atomic E-state index is 13.0. The third-order valence-electron chi connectivity index (χ3n) is 5.12. The summed E-state index contributed by atoms with van der Waals surface area (Å²) >= 11 is 0. The average molecular weight is 385 g/mol. The Morgan fingerprint density at radius 2 is 1.89 bits per heavy atom. The topological polar surface area (TPSA) is 87.7 Å². The van der Waals surface area contributed by atoms with Gasteiger partial charge in [-0.1, -0.05) is 17.7 Å². The first-order valence-electron chi connectivity index (χ1n) is 8.71. The number of carbonyl (C=O) groups excluding carboxylic acids is 2. The van der Waals surface area contributed by atoms with E-state index in [1.54, 1.807) is 31.2 Å². The fourth-order valence-corrected chi connectivity index (χ4v) is 5.48. The number of rotatable bonds is 3. The fourth-order valence-electron chi connectivity index (χ4n) is 3.78. The van der Waals surface area contributed by atoms with Gasteiger partial charge >= 0.3 is 0 Å². The monoisotopic (exact) mass is 385 g/mol. The number of hydrogen-bond acceptors (Lipinski definition) is 5. The number of carbonyl (C=O) groups is 2. The van der Waals surface area contributed by atoms with Crippen molar-refractivity contribution in [3.8, 4) is 0 Å². The minimum absolute atomic E-state index is 0.0983. The molecule has 2 aromatic rings. The lowest BCUT2D eigenvalue weighted by molar-refractivity contribution is 0.0591. The van der Waals surface area contributed by atoms with Crippen molar-refractivity contribution in [2.75, 3.05) is 13.1 Å². The second-order valence-electron chi connectivity index (χ2n) is 6.95. The summed E-state index contributed by atoms with van der Waals surface area (Å²) < 4.78 is 27.4. The van der Waals surface area contributed by atoms with Gasteiger partial charge in [-0.05, 0) is 44.0 Å². The molecule has 0 radical (unpaired) electrons. The second kappa shape index (κ2) is 6.24. The van der Waals surface area contributed by atoms with E-state index in [0.717, 1.165) is 10.5 Å². The molecule has 3 heterocycles. The van der Waals surface area contributed by atoms with Crippen molar-refractivity contribution in [3.05, 3.63) is 58.9 Å². The van der Waals surface area contributed by atoms with E-state index < -0.39 is 27.9 Å². The fraction of sp³-hybridized carbons (Fsp3) is 0.316. The largest absolute Gasteiger partial charge is 0.280 e. The van der Waals surface area contributed by atoms with Crippen molar-refractivity contribution in [2.45, 2.75) is 31.2 Å². The zero-order valence-corrected chi connectivity index (χ0v) is 15.9. The minimum atomic E-state index is -3.68. The first kappa shape index (κ1) is 17.8. The van der Waals surface area contributed by atoms with Crippen LogP contribution in [0.25, 0.3) is 0 Å². The Balaban J connectivity index is 1.59. The number of pyridine rings is 1. The van der Waals surface area contributed by atoms with Gasteiger partial charge < -0.3 is 0 Å². The SMILES string of the molecule is Cc1ccc(S(=O)(=O)N2CCC(N3C(=O)c4cccnc4C3=O)C2)c(C)c1. The summed E-state index contributed by atoms with van der Waals surface area (Å²) in [6.07, 6.45) is 1.88. The molecule has 2 aliphatic heterocycles. The van der Waals surface area contributed by atoms with Crippen molar-refractivity contribution < 1.29 is 18.0 Å². The molecule has 1 saturated heterocycles. The molecule has 1 unspecified atom stereocenters. The summed E-state index contributed by atoms with van der Waals surface area (Å²) in [4.78, 5) is 30.6. The second-order valence-corrected chi connectivity index (χ2v) is 8.86. The predicted molar refractivity (Wildman–Crippen MR) is 97.8 cm³/mol. The highest BCUT2D eigenvalue weighted by Gasteiger charge is 2.45. The molecule has 0 spiro atoms. The first-order valence-corrected chi connectivity index (χ1v) is 10.1. The van der Waals surface area contributed by atoms with Gasteiger partial charge in [0.25, 0.3) is 11.8 Å². The summed E-state index contributed by atoms with van der Waals surface area (Å²) in [5.41, 5.74) is 2.09. The maximum Gasteiger partial charge on any atom is 0.280 e. The van der Waals surface area contributed by atoms with Crippen molar-refractivity contribution >= 4 is 21.8 Å². The van der Waals surface area contributed by atoms with Gasteiger partial charge in [0.05, 0.1) is 16.5 Å². The van der Waals surface area contributed by atoms with Crippen LogP contribution in [-0.2, 0) is 10.0 Å². The van der Waals surface area contributed by atoms with E-state index in [0.29, 0.717) is 12.0 Å². The maximum absolute atomic E-state index is 13.0. The number of hydrogen-bond donors (Lipinski definition) is 0. The summed E-state index contributed by atoms with van der Waals surface area (Å²) in [5.74, 6) is -0.856. The molecule has 2 amide bonds. The number of amides is 2. The Bertz CT molecular complexity index is 1030. The molecule has 140 valence electrons. The van der Waals surface area contributed by atoms with Crippen molar-refractivity contribution in [2.24, 2.45) is 0 Å². The van der Waals surface area contributed by atoms with E-state index in [1.165, 1.54) is 10.5 Å². The van der Waals surface area contributed by atoms with E-state index >= 15 is 0 Å². The van der Waals surface area contributed by atoms with Crippen LogP contribution in [0.1, 0.15) is 38.4 Å². The smallest absolute Gasteiger partial charge is 0.268 e. The van der Waals surface area contributed by atoms with Gasteiger partial charge in [-0.15, -0.1) is 0 Å². The summed E-state index contributed by atoms with van der Waals surface area (Å²) in [6, 6.07) is 7.90. The third-order valence-corrected chi connectivity index (χ3v) is 7.14. The lowest BCUT2D eigenvalue weighted by Crippen LogP contribution is -2.42. The molecule has 4 rings (SSSR count). The summed E-state index contributed by atoms with van der Waals surface area (Å²) in [6.45, 7) is 4.04. The van der Waals surface area contributed by atoms with Crippen molar-refractivity contribution in [1.82, 2.24) is 14.2 Å². The Morgan fingerprint density at radius 1 is 1.11 bits per heavy atom. The molecule has 1 aromatic heterocycles. The Morgan fingerprint density at radius 3 is 2.59 bits per heavy atom. The van der Waals surface area contributed by atoms with Crippen LogP contribution < -0.4 is 0 Å². The van der Waals surface area contributed by atoms with E-state index in [1.807, 2.05) is 13.0 Å². The molecule has 8 heteroatoms. The van der Waals surface area contributed by atoms with Gasteiger partial charge in [0.15, 0.2) is 0 Å². The molecule has 1 fully saturated rings. The molecule has 0 N–H and O–H groups in total. The van der Waals surface area contributed by atoms with Gasteiger partial charge in [-0.2, -0.15) is 4.31 Å². The quantitative estimate of drug-likeness (QED) is 0.752. The number of aryl methyl sites for hydroxylation is 2. The lowest BCUT2D eigenvalue weighted by atomic mass is 10.2. The third kappa shape index (κ3) is 2.76. The molecule has 0 saturated carbocycles. The van der Waals surface area contributed by atoms with Gasteiger partial charge in [-0.25, -0.2) is 8.42 Å². The van der Waals surface area contributed by atoms with Crippen LogP contribution in [0.4, 0.5) is 0 Å². The van der Waals surface area contributed by atoms with E-state index in [2.05, 4.69) is 4.98 Å². The zero-order valence-electron chi connectivity index (χ0n) is 15.0. The minimum Gasteiger partial charge on any atom is -0.268 e. The van der Waals surface area contributed by atoms with Crippen LogP contribution in [0.15, 0.2) is 41.4 Å². The molecule has 2 aliphatic rings. The number of imide groups is 1.